The molecule has 1 saturated heterocycles. The molecule has 2 rings (SSSR count). The van der Waals surface area contributed by atoms with Gasteiger partial charge in [-0.15, -0.1) is 0 Å². The lowest BCUT2D eigenvalue weighted by Gasteiger charge is -2.32. The van der Waals surface area contributed by atoms with E-state index < -0.39 is 4.92 Å². The number of nitrogen functional groups attached to an aromatic ring is 1. The zero-order chi connectivity index (χ0) is 13.8. The number of hydrogen-bond donors (Lipinski definition) is 2. The van der Waals surface area contributed by atoms with Gasteiger partial charge in [-0.2, -0.15) is 0 Å². The van der Waals surface area contributed by atoms with Crippen LogP contribution in [-0.4, -0.2) is 36.2 Å². The molecule has 1 aliphatic rings. The fourth-order valence-corrected chi connectivity index (χ4v) is 2.18. The fourth-order valence-electron chi connectivity index (χ4n) is 2.18. The Hall–Kier alpha value is -1.93. The number of nitro groups is 1. The summed E-state index contributed by atoms with van der Waals surface area (Å²) < 4.78 is 5.33. The van der Waals surface area contributed by atoms with E-state index in [2.05, 4.69) is 10.4 Å². The van der Waals surface area contributed by atoms with Crippen molar-refractivity contribution in [1.82, 2.24) is 4.98 Å². The van der Waals surface area contributed by atoms with Crippen LogP contribution >= 0.6 is 0 Å². The van der Waals surface area contributed by atoms with Crippen molar-refractivity contribution in [2.75, 3.05) is 30.5 Å². The molecule has 1 aliphatic heterocycles. The van der Waals surface area contributed by atoms with Crippen LogP contribution in [0.3, 0.4) is 0 Å². The molecular weight excluding hydrogens is 250 g/mol. The molecular formula is C11H17N5O3. The first-order valence-corrected chi connectivity index (χ1v) is 6.05. The minimum Gasteiger partial charge on any atom is -0.380 e. The summed E-state index contributed by atoms with van der Waals surface area (Å²) in [4.78, 5) is 16.7. The Balaban J connectivity index is 2.27. The van der Waals surface area contributed by atoms with Crippen LogP contribution in [0.4, 0.5) is 17.3 Å². The van der Waals surface area contributed by atoms with Gasteiger partial charge >= 0.3 is 0 Å². The lowest BCUT2D eigenvalue weighted by atomic mass is 10.1. The highest BCUT2D eigenvalue weighted by Crippen LogP contribution is 2.25. The minimum atomic E-state index is -0.455. The predicted molar refractivity (Wildman–Crippen MR) is 70.9 cm³/mol. The second-order valence-corrected chi connectivity index (χ2v) is 4.42. The number of hydrazine groups is 1. The number of rotatable bonds is 4. The van der Waals surface area contributed by atoms with E-state index in [9.17, 15) is 10.1 Å². The summed E-state index contributed by atoms with van der Waals surface area (Å²) in [6.45, 7) is 1.48. The summed E-state index contributed by atoms with van der Waals surface area (Å²) >= 11 is 0. The first-order chi connectivity index (χ1) is 9.13. The Morgan fingerprint density at radius 3 is 3.05 bits per heavy atom. The van der Waals surface area contributed by atoms with E-state index in [1.54, 1.807) is 7.11 Å². The summed E-state index contributed by atoms with van der Waals surface area (Å²) in [5, 5.41) is 10.9. The molecule has 1 aromatic rings. The topological polar surface area (TPSA) is 107 Å². The van der Waals surface area contributed by atoms with E-state index >= 15 is 0 Å². The van der Waals surface area contributed by atoms with E-state index in [0.717, 1.165) is 19.4 Å². The average Bonchev–Trinajstić information content (AvgIpc) is 2.46. The lowest BCUT2D eigenvalue weighted by Crippen LogP contribution is -2.39. The number of nitrogens with one attached hydrogen (secondary N) is 1. The van der Waals surface area contributed by atoms with Gasteiger partial charge in [0.25, 0.3) is 5.69 Å². The van der Waals surface area contributed by atoms with Gasteiger partial charge in [0.05, 0.1) is 23.2 Å². The largest absolute Gasteiger partial charge is 0.380 e. The normalized spacial score (nSPS) is 19.3. The molecule has 1 fully saturated rings. The third-order valence-corrected chi connectivity index (χ3v) is 3.19. The molecule has 0 saturated carbocycles. The first-order valence-electron chi connectivity index (χ1n) is 6.05. The minimum absolute atomic E-state index is 0.0301. The van der Waals surface area contributed by atoms with Crippen LogP contribution in [0.5, 0.6) is 0 Å². The molecule has 0 amide bonds. The van der Waals surface area contributed by atoms with E-state index in [0.29, 0.717) is 12.4 Å². The Morgan fingerprint density at radius 2 is 2.42 bits per heavy atom. The van der Waals surface area contributed by atoms with Crippen LogP contribution in [0.25, 0.3) is 0 Å². The van der Waals surface area contributed by atoms with Crippen molar-refractivity contribution in [2.45, 2.75) is 18.9 Å². The molecule has 8 heteroatoms. The van der Waals surface area contributed by atoms with Gasteiger partial charge in [0.2, 0.25) is 0 Å². The number of aromatic nitrogens is 1. The number of pyridine rings is 1. The summed E-state index contributed by atoms with van der Waals surface area (Å²) in [5.74, 6) is 6.12. The van der Waals surface area contributed by atoms with Gasteiger partial charge in [-0.05, 0) is 12.8 Å². The van der Waals surface area contributed by atoms with Crippen molar-refractivity contribution >= 4 is 17.3 Å². The number of ether oxygens (including phenoxy) is 1. The highest BCUT2D eigenvalue weighted by atomic mass is 16.6. The van der Waals surface area contributed by atoms with Crippen molar-refractivity contribution in [1.29, 1.82) is 0 Å². The van der Waals surface area contributed by atoms with Crippen LogP contribution in [-0.2, 0) is 4.74 Å². The number of hydrogen-bond acceptors (Lipinski definition) is 7. The smallest absolute Gasteiger partial charge is 0.276 e. The van der Waals surface area contributed by atoms with Crippen molar-refractivity contribution in [3.63, 3.8) is 0 Å². The van der Waals surface area contributed by atoms with Crippen molar-refractivity contribution < 1.29 is 9.66 Å². The molecule has 0 bridgehead atoms. The standard InChI is InChI=1S/C11H17N5O3/c1-19-9-3-2-4-15(7-9)11-6-8(16(17)18)5-10(13-11)14-12/h5-6,9H,2-4,7,12H2,1H3,(H,13,14). The quantitative estimate of drug-likeness (QED) is 0.474. The maximum Gasteiger partial charge on any atom is 0.276 e. The van der Waals surface area contributed by atoms with Crippen LogP contribution in [0.1, 0.15) is 12.8 Å². The monoisotopic (exact) mass is 267 g/mol. The maximum absolute atomic E-state index is 10.9. The molecule has 3 N–H and O–H groups in total. The van der Waals surface area contributed by atoms with Gasteiger partial charge in [0.15, 0.2) is 0 Å². The zero-order valence-electron chi connectivity index (χ0n) is 10.7. The first kappa shape index (κ1) is 13.5. The molecule has 1 atom stereocenters. The summed E-state index contributed by atoms with van der Waals surface area (Å²) in [6, 6.07) is 2.76. The number of nitrogens with two attached hydrogens (primary N) is 1. The van der Waals surface area contributed by atoms with E-state index in [1.807, 2.05) is 4.90 Å². The van der Waals surface area contributed by atoms with Crippen LogP contribution in [0.2, 0.25) is 0 Å². The lowest BCUT2D eigenvalue weighted by molar-refractivity contribution is -0.384. The maximum atomic E-state index is 10.9. The third-order valence-electron chi connectivity index (χ3n) is 3.19. The summed E-state index contributed by atoms with van der Waals surface area (Å²) in [7, 11) is 1.67. The molecule has 0 aromatic carbocycles. The number of nitrogens with zero attached hydrogens (tertiary/aromatic N) is 3. The molecule has 1 aromatic heterocycles. The molecule has 2 heterocycles. The van der Waals surface area contributed by atoms with Crippen LogP contribution in [0, 0.1) is 10.1 Å². The summed E-state index contributed by atoms with van der Waals surface area (Å²) in [6.07, 6.45) is 2.09. The molecule has 0 spiro atoms. The Labute approximate surface area is 110 Å². The van der Waals surface area contributed by atoms with E-state index in [4.69, 9.17) is 10.6 Å². The van der Waals surface area contributed by atoms with Gasteiger partial charge in [-0.25, -0.2) is 10.8 Å². The zero-order valence-corrected chi connectivity index (χ0v) is 10.7. The Morgan fingerprint density at radius 1 is 1.63 bits per heavy atom. The molecule has 19 heavy (non-hydrogen) atoms. The molecule has 8 nitrogen and oxygen atoms in total. The average molecular weight is 267 g/mol. The third kappa shape index (κ3) is 3.09. The van der Waals surface area contributed by atoms with Gasteiger partial charge in [-0.3, -0.25) is 10.1 Å². The number of anilines is 2. The highest BCUT2D eigenvalue weighted by molar-refractivity contribution is 5.55. The molecule has 104 valence electrons. The SMILES string of the molecule is COC1CCCN(c2cc([N+](=O)[O-])cc(NN)n2)C1. The van der Waals surface area contributed by atoms with Crippen molar-refractivity contribution in [3.05, 3.63) is 22.2 Å². The predicted octanol–water partition coefficient (Wildman–Crippen LogP) is 0.891. The number of piperidine rings is 1. The molecule has 0 radical (unpaired) electrons. The second kappa shape index (κ2) is 5.81. The van der Waals surface area contributed by atoms with Gasteiger partial charge in [0, 0.05) is 20.2 Å². The van der Waals surface area contributed by atoms with Gasteiger partial charge in [0.1, 0.15) is 11.6 Å². The van der Waals surface area contributed by atoms with Crippen LogP contribution < -0.4 is 16.2 Å². The Bertz CT molecular complexity index is 468. The summed E-state index contributed by atoms with van der Waals surface area (Å²) in [5.41, 5.74) is 2.32. The van der Waals surface area contributed by atoms with Crippen LogP contribution in [0.15, 0.2) is 12.1 Å². The highest BCUT2D eigenvalue weighted by Gasteiger charge is 2.22. The molecule has 1 unspecified atom stereocenters. The number of methoxy groups -OCH3 is 1. The van der Waals surface area contributed by atoms with E-state index in [1.165, 1.54) is 12.1 Å². The molecule has 0 aliphatic carbocycles. The second-order valence-electron chi connectivity index (χ2n) is 4.42. The van der Waals surface area contributed by atoms with Gasteiger partial charge in [-0.1, -0.05) is 0 Å². The Kier molecular flexibility index (Phi) is 4.13. The fraction of sp³-hybridized carbons (Fsp3) is 0.545. The van der Waals surface area contributed by atoms with E-state index in [-0.39, 0.29) is 17.6 Å². The van der Waals surface area contributed by atoms with Gasteiger partial charge < -0.3 is 15.1 Å². The van der Waals surface area contributed by atoms with Crippen molar-refractivity contribution in [2.24, 2.45) is 5.84 Å². The van der Waals surface area contributed by atoms with Crippen molar-refractivity contribution in [3.8, 4) is 0 Å².